The van der Waals surface area contributed by atoms with Gasteiger partial charge in [0.2, 0.25) is 0 Å². The zero-order chi connectivity index (χ0) is 9.97. The molecule has 1 aliphatic carbocycles. The number of ether oxygens (including phenoxy) is 1. The summed E-state index contributed by atoms with van der Waals surface area (Å²) in [6.07, 6.45) is 4.88. The van der Waals surface area contributed by atoms with Gasteiger partial charge < -0.3 is 9.84 Å². The smallest absolute Gasteiger partial charge is 0.126 e. The molecule has 0 heterocycles. The number of methoxy groups -OCH3 is 1. The molecule has 1 aliphatic rings. The number of phenols is 1. The van der Waals surface area contributed by atoms with E-state index in [-0.39, 0.29) is 0 Å². The van der Waals surface area contributed by atoms with Crippen molar-refractivity contribution in [1.29, 1.82) is 0 Å². The Balaban J connectivity index is 2.37. The average Bonchev–Trinajstić information content (AvgIpc) is 2.70. The van der Waals surface area contributed by atoms with E-state index in [9.17, 15) is 5.11 Å². The summed E-state index contributed by atoms with van der Waals surface area (Å²) >= 11 is 0. The summed E-state index contributed by atoms with van der Waals surface area (Å²) in [5, 5.41) is 9.80. The van der Waals surface area contributed by atoms with Crippen molar-refractivity contribution in [3.63, 3.8) is 0 Å². The van der Waals surface area contributed by atoms with E-state index >= 15 is 0 Å². The lowest BCUT2D eigenvalue weighted by Crippen LogP contribution is -1.97. The van der Waals surface area contributed by atoms with Crippen LogP contribution in [0.15, 0.2) is 18.2 Å². The van der Waals surface area contributed by atoms with Crippen molar-refractivity contribution < 1.29 is 9.84 Å². The first-order valence-electron chi connectivity index (χ1n) is 5.19. The maximum absolute atomic E-state index is 9.80. The van der Waals surface area contributed by atoms with Gasteiger partial charge in [-0.2, -0.15) is 0 Å². The Morgan fingerprint density at radius 1 is 1.29 bits per heavy atom. The first-order valence-corrected chi connectivity index (χ1v) is 5.19. The molecule has 1 saturated carbocycles. The normalized spacial score (nSPS) is 17.2. The fraction of sp³-hybridized carbons (Fsp3) is 0.500. The number of benzene rings is 1. The molecular formula is C12H16O2. The highest BCUT2D eigenvalue weighted by Crippen LogP contribution is 2.42. The number of phenolic OH excluding ortho intramolecular Hbond substituents is 1. The molecule has 1 fully saturated rings. The quantitative estimate of drug-likeness (QED) is 0.780. The van der Waals surface area contributed by atoms with Crippen LogP contribution in [-0.2, 0) is 0 Å². The Hall–Kier alpha value is -1.18. The minimum absolute atomic E-state index is 0.385. The molecule has 0 amide bonds. The lowest BCUT2D eigenvalue weighted by molar-refractivity contribution is 0.393. The van der Waals surface area contributed by atoms with E-state index in [1.165, 1.54) is 25.7 Å². The summed E-state index contributed by atoms with van der Waals surface area (Å²) in [6.45, 7) is 0. The van der Waals surface area contributed by atoms with Crippen molar-refractivity contribution in [2.75, 3.05) is 7.11 Å². The van der Waals surface area contributed by atoms with E-state index < -0.39 is 0 Å². The van der Waals surface area contributed by atoms with Gasteiger partial charge in [0.15, 0.2) is 0 Å². The molecular weight excluding hydrogens is 176 g/mol. The Bertz CT molecular complexity index is 314. The molecule has 1 N–H and O–H groups in total. The first-order chi connectivity index (χ1) is 6.83. The third kappa shape index (κ3) is 1.57. The number of hydrogen-bond donors (Lipinski definition) is 1. The van der Waals surface area contributed by atoms with Crippen LogP contribution in [0.4, 0.5) is 0 Å². The largest absolute Gasteiger partial charge is 0.508 e. The van der Waals surface area contributed by atoms with E-state index in [4.69, 9.17) is 4.74 Å². The van der Waals surface area contributed by atoms with Crippen molar-refractivity contribution >= 4 is 0 Å². The van der Waals surface area contributed by atoms with E-state index in [2.05, 4.69) is 0 Å². The van der Waals surface area contributed by atoms with Crippen LogP contribution in [0, 0.1) is 0 Å². The van der Waals surface area contributed by atoms with Crippen LogP contribution in [0.25, 0.3) is 0 Å². The van der Waals surface area contributed by atoms with E-state index in [1.54, 1.807) is 13.2 Å². The summed E-state index contributed by atoms with van der Waals surface area (Å²) in [6, 6.07) is 5.50. The fourth-order valence-electron chi connectivity index (χ4n) is 2.34. The Labute approximate surface area is 84.5 Å². The summed E-state index contributed by atoms with van der Waals surface area (Å²) in [4.78, 5) is 0. The van der Waals surface area contributed by atoms with Gasteiger partial charge in [0, 0.05) is 5.56 Å². The van der Waals surface area contributed by atoms with Gasteiger partial charge in [-0.25, -0.2) is 0 Å². The molecule has 76 valence electrons. The van der Waals surface area contributed by atoms with Gasteiger partial charge in [-0.3, -0.25) is 0 Å². The molecule has 1 aromatic carbocycles. The molecule has 0 atom stereocenters. The average molecular weight is 192 g/mol. The molecule has 2 heteroatoms. The SMILES string of the molecule is COc1cccc(O)c1C1CCCC1. The van der Waals surface area contributed by atoms with Crippen LogP contribution in [0.2, 0.25) is 0 Å². The maximum atomic E-state index is 9.80. The number of aromatic hydroxyl groups is 1. The topological polar surface area (TPSA) is 29.5 Å². The third-order valence-electron chi connectivity index (χ3n) is 3.03. The molecule has 0 aromatic heterocycles. The number of hydrogen-bond acceptors (Lipinski definition) is 2. The Morgan fingerprint density at radius 3 is 2.64 bits per heavy atom. The van der Waals surface area contributed by atoms with Crippen LogP contribution in [-0.4, -0.2) is 12.2 Å². The highest BCUT2D eigenvalue weighted by molar-refractivity contribution is 5.46. The highest BCUT2D eigenvalue weighted by atomic mass is 16.5. The van der Waals surface area contributed by atoms with E-state index in [0.717, 1.165) is 11.3 Å². The van der Waals surface area contributed by atoms with Crippen molar-refractivity contribution in [2.45, 2.75) is 31.6 Å². The van der Waals surface area contributed by atoms with Crippen molar-refractivity contribution in [2.24, 2.45) is 0 Å². The lowest BCUT2D eigenvalue weighted by atomic mass is 9.96. The van der Waals surface area contributed by atoms with Gasteiger partial charge in [-0.05, 0) is 30.9 Å². The van der Waals surface area contributed by atoms with Gasteiger partial charge >= 0.3 is 0 Å². The van der Waals surface area contributed by atoms with E-state index in [1.807, 2.05) is 12.1 Å². The van der Waals surface area contributed by atoms with Crippen LogP contribution in [0.3, 0.4) is 0 Å². The van der Waals surface area contributed by atoms with Gasteiger partial charge in [0.1, 0.15) is 11.5 Å². The van der Waals surface area contributed by atoms with Gasteiger partial charge in [0.25, 0.3) is 0 Å². The zero-order valence-electron chi connectivity index (χ0n) is 8.49. The first kappa shape index (κ1) is 9.38. The van der Waals surface area contributed by atoms with E-state index in [0.29, 0.717) is 11.7 Å². The summed E-state index contributed by atoms with van der Waals surface area (Å²) in [5.74, 6) is 1.71. The van der Waals surface area contributed by atoms with Gasteiger partial charge in [0.05, 0.1) is 7.11 Å². The number of rotatable bonds is 2. The summed E-state index contributed by atoms with van der Waals surface area (Å²) in [7, 11) is 1.66. The Kier molecular flexibility index (Phi) is 2.62. The van der Waals surface area contributed by atoms with Crippen LogP contribution >= 0.6 is 0 Å². The zero-order valence-corrected chi connectivity index (χ0v) is 8.49. The van der Waals surface area contributed by atoms with Gasteiger partial charge in [-0.15, -0.1) is 0 Å². The fourth-order valence-corrected chi connectivity index (χ4v) is 2.34. The summed E-state index contributed by atoms with van der Waals surface area (Å²) in [5.41, 5.74) is 1.01. The van der Waals surface area contributed by atoms with Crippen LogP contribution in [0.5, 0.6) is 11.5 Å². The molecule has 1 aromatic rings. The third-order valence-corrected chi connectivity index (χ3v) is 3.03. The molecule has 0 saturated heterocycles. The van der Waals surface area contributed by atoms with Gasteiger partial charge in [-0.1, -0.05) is 18.9 Å². The summed E-state index contributed by atoms with van der Waals surface area (Å²) < 4.78 is 5.28. The lowest BCUT2D eigenvalue weighted by Gasteiger charge is -2.15. The van der Waals surface area contributed by atoms with Crippen molar-refractivity contribution in [1.82, 2.24) is 0 Å². The molecule has 0 bridgehead atoms. The molecule has 14 heavy (non-hydrogen) atoms. The highest BCUT2D eigenvalue weighted by Gasteiger charge is 2.23. The minimum Gasteiger partial charge on any atom is -0.508 e. The predicted octanol–water partition coefficient (Wildman–Crippen LogP) is 3.06. The maximum Gasteiger partial charge on any atom is 0.126 e. The minimum atomic E-state index is 0.385. The van der Waals surface area contributed by atoms with Crippen LogP contribution in [0.1, 0.15) is 37.2 Å². The monoisotopic (exact) mass is 192 g/mol. The molecule has 2 rings (SSSR count). The molecule has 0 unspecified atom stereocenters. The standard InChI is InChI=1S/C12H16O2/c1-14-11-8-4-7-10(13)12(11)9-5-2-3-6-9/h4,7-9,13H,2-3,5-6H2,1H3. The predicted molar refractivity (Wildman–Crippen MR) is 55.9 cm³/mol. The van der Waals surface area contributed by atoms with Crippen LogP contribution < -0.4 is 4.74 Å². The molecule has 0 spiro atoms. The molecule has 0 radical (unpaired) electrons. The second kappa shape index (κ2) is 3.91. The van der Waals surface area contributed by atoms with Crippen molar-refractivity contribution in [3.8, 4) is 11.5 Å². The second-order valence-electron chi connectivity index (χ2n) is 3.87. The Morgan fingerprint density at radius 2 is 2.00 bits per heavy atom. The molecule has 0 aliphatic heterocycles. The van der Waals surface area contributed by atoms with Crippen molar-refractivity contribution in [3.05, 3.63) is 23.8 Å². The second-order valence-corrected chi connectivity index (χ2v) is 3.87. The molecule has 2 nitrogen and oxygen atoms in total.